The second-order valence-corrected chi connectivity index (χ2v) is 8.57. The first kappa shape index (κ1) is 23.8. The van der Waals surface area contributed by atoms with E-state index in [2.05, 4.69) is 10.0 Å². The molecule has 2 aromatic rings. The molecule has 0 unspecified atom stereocenters. The van der Waals surface area contributed by atoms with Crippen molar-refractivity contribution in [2.75, 3.05) is 27.2 Å². The van der Waals surface area contributed by atoms with E-state index in [1.807, 2.05) is 49.3 Å². The molecule has 0 heterocycles. The number of carbonyl (C=O) groups excluding carboxylic acids is 1. The lowest BCUT2D eigenvalue weighted by atomic mass is 10.1. The van der Waals surface area contributed by atoms with Crippen LogP contribution in [0.3, 0.4) is 0 Å². The maximum atomic E-state index is 13.0. The molecule has 0 saturated heterocycles. The molecule has 30 heavy (non-hydrogen) atoms. The van der Waals surface area contributed by atoms with Gasteiger partial charge in [0.25, 0.3) is 0 Å². The summed E-state index contributed by atoms with van der Waals surface area (Å²) in [6, 6.07) is 13.4. The molecule has 0 spiro atoms. The number of halogens is 3. The summed E-state index contributed by atoms with van der Waals surface area (Å²) >= 11 is 0. The van der Waals surface area contributed by atoms with Crippen molar-refractivity contribution in [1.29, 1.82) is 0 Å². The van der Waals surface area contributed by atoms with Crippen molar-refractivity contribution in [1.82, 2.24) is 14.9 Å². The second-order valence-electron chi connectivity index (χ2n) is 6.84. The lowest BCUT2D eigenvalue weighted by Gasteiger charge is -2.25. The number of carbonyl (C=O) groups is 1. The number of likely N-dealkylation sites (N-methyl/N-ethyl adjacent to an activating group) is 1. The Balaban J connectivity index is 1.93. The predicted molar refractivity (Wildman–Crippen MR) is 107 cm³/mol. The zero-order valence-electron chi connectivity index (χ0n) is 16.6. The first-order valence-electron chi connectivity index (χ1n) is 9.16. The minimum atomic E-state index is -4.80. The highest BCUT2D eigenvalue weighted by atomic mass is 32.2. The molecular formula is C20H24F3N3O3S. The Morgan fingerprint density at radius 1 is 1.03 bits per heavy atom. The average molecular weight is 443 g/mol. The molecular weight excluding hydrogens is 419 g/mol. The third-order valence-electron chi connectivity index (χ3n) is 4.43. The fourth-order valence-electron chi connectivity index (χ4n) is 2.88. The topological polar surface area (TPSA) is 78.5 Å². The summed E-state index contributed by atoms with van der Waals surface area (Å²) in [5, 5.41) is 2.73. The largest absolute Gasteiger partial charge is 0.417 e. The Kier molecular flexibility index (Phi) is 7.99. The normalized spacial score (nSPS) is 13.3. The average Bonchev–Trinajstić information content (AvgIpc) is 2.68. The summed E-state index contributed by atoms with van der Waals surface area (Å²) in [5.41, 5.74) is -0.245. The van der Waals surface area contributed by atoms with Gasteiger partial charge in [0.05, 0.1) is 16.5 Å². The quantitative estimate of drug-likeness (QED) is 0.625. The smallest absolute Gasteiger partial charge is 0.354 e. The highest BCUT2D eigenvalue weighted by molar-refractivity contribution is 7.89. The third kappa shape index (κ3) is 6.54. The fraction of sp³-hybridized carbons (Fsp3) is 0.350. The lowest BCUT2D eigenvalue weighted by molar-refractivity contribution is -0.139. The van der Waals surface area contributed by atoms with E-state index in [0.29, 0.717) is 12.6 Å². The van der Waals surface area contributed by atoms with Crippen LogP contribution >= 0.6 is 0 Å². The van der Waals surface area contributed by atoms with Crippen LogP contribution in [0.2, 0.25) is 0 Å². The summed E-state index contributed by atoms with van der Waals surface area (Å²) in [6.07, 6.45) is -5.01. The van der Waals surface area contributed by atoms with E-state index in [9.17, 15) is 26.4 Å². The first-order chi connectivity index (χ1) is 14.0. The number of benzene rings is 2. The van der Waals surface area contributed by atoms with Gasteiger partial charge >= 0.3 is 6.18 Å². The van der Waals surface area contributed by atoms with Crippen LogP contribution in [-0.2, 0) is 21.0 Å². The molecule has 0 aliphatic heterocycles. The van der Waals surface area contributed by atoms with E-state index in [1.165, 1.54) is 6.07 Å². The summed E-state index contributed by atoms with van der Waals surface area (Å²) in [4.78, 5) is 13.2. The third-order valence-corrected chi connectivity index (χ3v) is 5.95. The lowest BCUT2D eigenvalue weighted by Crippen LogP contribution is -2.36. The number of alkyl halides is 3. The van der Waals surface area contributed by atoms with Crippen molar-refractivity contribution < 1.29 is 26.4 Å². The van der Waals surface area contributed by atoms with E-state index in [4.69, 9.17) is 0 Å². The standard InChI is InChI=1S/C20H24F3N3O3S/c1-26(2)17(15-8-4-3-5-9-15)14-24-19(27)12-13-25-30(28,29)18-11-7-6-10-16(18)20(21,22)23/h3-11,17,25H,12-14H2,1-2H3,(H,24,27)/t17-/m0/s1. The van der Waals surface area contributed by atoms with Gasteiger partial charge in [-0.15, -0.1) is 0 Å². The summed E-state index contributed by atoms with van der Waals surface area (Å²) in [6.45, 7) is -0.0160. The monoisotopic (exact) mass is 443 g/mol. The minimum Gasteiger partial charge on any atom is -0.354 e. The summed E-state index contributed by atoms with van der Waals surface area (Å²) in [7, 11) is -0.674. The van der Waals surface area contributed by atoms with Crippen LogP contribution in [0.4, 0.5) is 13.2 Å². The van der Waals surface area contributed by atoms with E-state index < -0.39 is 32.6 Å². The van der Waals surface area contributed by atoms with Gasteiger partial charge in [-0.2, -0.15) is 13.2 Å². The Hall–Kier alpha value is -2.43. The molecule has 2 aromatic carbocycles. The van der Waals surface area contributed by atoms with Crippen LogP contribution in [0.1, 0.15) is 23.6 Å². The van der Waals surface area contributed by atoms with Crippen molar-refractivity contribution in [3.05, 3.63) is 65.7 Å². The van der Waals surface area contributed by atoms with Crippen LogP contribution in [0.15, 0.2) is 59.5 Å². The van der Waals surface area contributed by atoms with E-state index in [1.54, 1.807) is 0 Å². The predicted octanol–water partition coefficient (Wildman–Crippen LogP) is 2.79. The minimum absolute atomic E-state index is 0.0782. The number of nitrogens with zero attached hydrogens (tertiary/aromatic N) is 1. The molecule has 2 rings (SSSR count). The molecule has 0 saturated carbocycles. The highest BCUT2D eigenvalue weighted by Gasteiger charge is 2.36. The number of sulfonamides is 1. The SMILES string of the molecule is CN(C)[C@@H](CNC(=O)CCNS(=O)(=O)c1ccccc1C(F)(F)F)c1ccccc1. The van der Waals surface area contributed by atoms with Crippen molar-refractivity contribution in [3.63, 3.8) is 0 Å². The Labute approximate surface area is 174 Å². The molecule has 164 valence electrons. The van der Waals surface area contributed by atoms with E-state index in [0.717, 1.165) is 17.7 Å². The van der Waals surface area contributed by atoms with Gasteiger partial charge in [0.1, 0.15) is 0 Å². The number of hydrogen-bond donors (Lipinski definition) is 2. The Morgan fingerprint density at radius 2 is 1.63 bits per heavy atom. The molecule has 0 aliphatic carbocycles. The van der Waals surface area contributed by atoms with Gasteiger partial charge in [0, 0.05) is 19.5 Å². The summed E-state index contributed by atoms with van der Waals surface area (Å²) < 4.78 is 65.8. The van der Waals surface area contributed by atoms with Crippen molar-refractivity contribution >= 4 is 15.9 Å². The van der Waals surface area contributed by atoms with Crippen LogP contribution in [-0.4, -0.2) is 46.4 Å². The van der Waals surface area contributed by atoms with Crippen molar-refractivity contribution in [3.8, 4) is 0 Å². The van der Waals surface area contributed by atoms with Gasteiger partial charge < -0.3 is 10.2 Å². The molecule has 10 heteroatoms. The second kappa shape index (κ2) is 10.1. The molecule has 0 bridgehead atoms. The fourth-order valence-corrected chi connectivity index (χ4v) is 4.14. The van der Waals surface area contributed by atoms with Gasteiger partial charge in [0.2, 0.25) is 15.9 Å². The van der Waals surface area contributed by atoms with Crippen LogP contribution < -0.4 is 10.0 Å². The zero-order chi connectivity index (χ0) is 22.4. The molecule has 2 N–H and O–H groups in total. The molecule has 1 amide bonds. The number of nitrogens with one attached hydrogen (secondary N) is 2. The Morgan fingerprint density at radius 3 is 2.23 bits per heavy atom. The zero-order valence-corrected chi connectivity index (χ0v) is 17.4. The highest BCUT2D eigenvalue weighted by Crippen LogP contribution is 2.33. The van der Waals surface area contributed by atoms with E-state index in [-0.39, 0.29) is 19.0 Å². The summed E-state index contributed by atoms with van der Waals surface area (Å²) in [5.74, 6) is -0.412. The van der Waals surface area contributed by atoms with Crippen LogP contribution in [0.25, 0.3) is 0 Å². The van der Waals surface area contributed by atoms with Gasteiger partial charge in [-0.1, -0.05) is 42.5 Å². The van der Waals surface area contributed by atoms with Gasteiger partial charge in [-0.25, -0.2) is 13.1 Å². The Bertz CT molecular complexity index is 949. The molecule has 0 aromatic heterocycles. The van der Waals surface area contributed by atoms with Gasteiger partial charge in [-0.3, -0.25) is 4.79 Å². The number of amides is 1. The molecule has 0 radical (unpaired) electrons. The molecule has 0 fully saturated rings. The van der Waals surface area contributed by atoms with Crippen LogP contribution in [0.5, 0.6) is 0 Å². The van der Waals surface area contributed by atoms with E-state index >= 15 is 0 Å². The van der Waals surface area contributed by atoms with Crippen molar-refractivity contribution in [2.24, 2.45) is 0 Å². The first-order valence-corrected chi connectivity index (χ1v) is 10.6. The number of rotatable bonds is 9. The maximum Gasteiger partial charge on any atom is 0.417 e. The van der Waals surface area contributed by atoms with Crippen molar-refractivity contribution in [2.45, 2.75) is 23.5 Å². The maximum absolute atomic E-state index is 13.0. The molecule has 1 atom stereocenters. The van der Waals surface area contributed by atoms with Gasteiger partial charge in [-0.05, 0) is 31.8 Å². The van der Waals surface area contributed by atoms with Gasteiger partial charge in [0.15, 0.2) is 0 Å². The molecule has 6 nitrogen and oxygen atoms in total. The molecule has 0 aliphatic rings. The number of hydrogen-bond acceptors (Lipinski definition) is 4. The van der Waals surface area contributed by atoms with Crippen LogP contribution in [0, 0.1) is 0 Å².